The van der Waals surface area contributed by atoms with Crippen LogP contribution in [0.4, 0.5) is 0 Å². The van der Waals surface area contributed by atoms with Gasteiger partial charge in [0, 0.05) is 26.1 Å². The van der Waals surface area contributed by atoms with Gasteiger partial charge in [0.15, 0.2) is 0 Å². The second kappa shape index (κ2) is 9.02. The molecule has 2 amide bonds. The molecule has 5 heteroatoms. The fourth-order valence-electron chi connectivity index (χ4n) is 3.63. The lowest BCUT2D eigenvalue weighted by atomic mass is 10.0. The standard InChI is InChI=1S/C23H29N3O2/c1-17-9-11-18(12-10-17)15-26-16-20(13-22(26)27)23(28)24-14-21(25(2)3)19-7-5-4-6-8-19/h4-12,20-21H,13-16H2,1-3H3,(H,24,28). The number of amides is 2. The number of rotatable bonds is 7. The molecule has 2 atom stereocenters. The van der Waals surface area contributed by atoms with E-state index in [0.717, 1.165) is 11.1 Å². The maximum Gasteiger partial charge on any atom is 0.225 e. The zero-order valence-electron chi connectivity index (χ0n) is 16.9. The second-order valence-electron chi connectivity index (χ2n) is 7.80. The van der Waals surface area contributed by atoms with Crippen LogP contribution in [0.3, 0.4) is 0 Å². The van der Waals surface area contributed by atoms with Crippen LogP contribution in [0.1, 0.15) is 29.2 Å². The molecule has 5 nitrogen and oxygen atoms in total. The van der Waals surface area contributed by atoms with Crippen molar-refractivity contribution in [3.05, 3.63) is 71.3 Å². The highest BCUT2D eigenvalue weighted by molar-refractivity contribution is 5.89. The fraction of sp³-hybridized carbons (Fsp3) is 0.391. The third-order valence-corrected chi connectivity index (χ3v) is 5.36. The van der Waals surface area contributed by atoms with Crippen molar-refractivity contribution in [1.29, 1.82) is 0 Å². The summed E-state index contributed by atoms with van der Waals surface area (Å²) < 4.78 is 0. The van der Waals surface area contributed by atoms with Crippen LogP contribution in [-0.4, -0.2) is 48.8 Å². The average molecular weight is 380 g/mol. The lowest BCUT2D eigenvalue weighted by Crippen LogP contribution is -2.38. The molecule has 0 aliphatic carbocycles. The van der Waals surface area contributed by atoms with Gasteiger partial charge in [-0.1, -0.05) is 60.2 Å². The molecule has 0 aromatic heterocycles. The Balaban J connectivity index is 1.56. The Morgan fingerprint density at radius 1 is 1.14 bits per heavy atom. The molecule has 1 fully saturated rings. The molecule has 0 spiro atoms. The number of aryl methyl sites for hydroxylation is 1. The molecule has 1 aliphatic rings. The van der Waals surface area contributed by atoms with Gasteiger partial charge in [-0.25, -0.2) is 0 Å². The lowest BCUT2D eigenvalue weighted by molar-refractivity contribution is -0.129. The number of carbonyl (C=O) groups excluding carboxylic acids is 2. The molecule has 0 radical (unpaired) electrons. The number of likely N-dealkylation sites (N-methyl/N-ethyl adjacent to an activating group) is 1. The van der Waals surface area contributed by atoms with E-state index in [1.165, 1.54) is 5.56 Å². The van der Waals surface area contributed by atoms with Crippen LogP contribution in [0.2, 0.25) is 0 Å². The largest absolute Gasteiger partial charge is 0.354 e. The first kappa shape index (κ1) is 20.1. The zero-order valence-corrected chi connectivity index (χ0v) is 16.9. The van der Waals surface area contributed by atoms with Crippen LogP contribution >= 0.6 is 0 Å². The smallest absolute Gasteiger partial charge is 0.225 e. The Labute approximate surface area is 167 Å². The molecule has 1 saturated heterocycles. The summed E-state index contributed by atoms with van der Waals surface area (Å²) in [5, 5.41) is 3.06. The summed E-state index contributed by atoms with van der Waals surface area (Å²) in [4.78, 5) is 28.9. The van der Waals surface area contributed by atoms with Crippen molar-refractivity contribution < 1.29 is 9.59 Å². The maximum atomic E-state index is 12.7. The maximum absolute atomic E-state index is 12.7. The average Bonchev–Trinajstić information content (AvgIpc) is 3.05. The van der Waals surface area contributed by atoms with Crippen LogP contribution in [0.25, 0.3) is 0 Å². The summed E-state index contributed by atoms with van der Waals surface area (Å²) in [7, 11) is 4.01. The minimum absolute atomic E-state index is 0.0393. The van der Waals surface area contributed by atoms with Crippen LogP contribution < -0.4 is 5.32 Å². The Bertz CT molecular complexity index is 802. The van der Waals surface area contributed by atoms with Crippen molar-refractivity contribution in [1.82, 2.24) is 15.1 Å². The normalized spacial score (nSPS) is 17.8. The highest BCUT2D eigenvalue weighted by atomic mass is 16.2. The molecule has 28 heavy (non-hydrogen) atoms. The SMILES string of the molecule is Cc1ccc(CN2CC(C(=O)NCC(c3ccccc3)N(C)C)CC2=O)cc1. The third kappa shape index (κ3) is 4.98. The zero-order chi connectivity index (χ0) is 20.1. The Hall–Kier alpha value is -2.66. The number of nitrogens with zero attached hydrogens (tertiary/aromatic N) is 2. The summed E-state index contributed by atoms with van der Waals surface area (Å²) >= 11 is 0. The van der Waals surface area contributed by atoms with Crippen molar-refractivity contribution in [2.45, 2.75) is 25.9 Å². The first-order valence-electron chi connectivity index (χ1n) is 9.76. The minimum Gasteiger partial charge on any atom is -0.354 e. The van der Waals surface area contributed by atoms with Gasteiger partial charge in [0.2, 0.25) is 11.8 Å². The van der Waals surface area contributed by atoms with Crippen LogP contribution in [0.5, 0.6) is 0 Å². The molecule has 1 heterocycles. The number of hydrogen-bond donors (Lipinski definition) is 1. The fourth-order valence-corrected chi connectivity index (χ4v) is 3.63. The molecule has 3 rings (SSSR count). The number of hydrogen-bond acceptors (Lipinski definition) is 3. The summed E-state index contributed by atoms with van der Waals surface area (Å²) in [6.45, 7) is 3.61. The molecular formula is C23H29N3O2. The van der Waals surface area contributed by atoms with Crippen LogP contribution in [0, 0.1) is 12.8 Å². The van der Waals surface area contributed by atoms with E-state index in [4.69, 9.17) is 0 Å². The van der Waals surface area contributed by atoms with Gasteiger partial charge in [-0.05, 0) is 32.1 Å². The first-order valence-corrected chi connectivity index (χ1v) is 9.76. The van der Waals surface area contributed by atoms with Gasteiger partial charge < -0.3 is 15.1 Å². The van der Waals surface area contributed by atoms with Gasteiger partial charge in [-0.2, -0.15) is 0 Å². The summed E-state index contributed by atoms with van der Waals surface area (Å²) in [6.07, 6.45) is 0.287. The predicted octanol–water partition coefficient (Wildman–Crippen LogP) is 2.76. The molecule has 2 aromatic rings. The van der Waals surface area contributed by atoms with Gasteiger partial charge in [-0.15, -0.1) is 0 Å². The minimum atomic E-state index is -0.281. The van der Waals surface area contributed by atoms with E-state index in [9.17, 15) is 9.59 Å². The number of likely N-dealkylation sites (tertiary alicyclic amines) is 1. The van der Waals surface area contributed by atoms with Gasteiger partial charge in [0.05, 0.1) is 12.0 Å². The van der Waals surface area contributed by atoms with Gasteiger partial charge >= 0.3 is 0 Å². The molecule has 0 saturated carbocycles. The predicted molar refractivity (Wildman–Crippen MR) is 111 cm³/mol. The second-order valence-corrected chi connectivity index (χ2v) is 7.80. The number of nitrogens with one attached hydrogen (secondary N) is 1. The van der Waals surface area contributed by atoms with E-state index < -0.39 is 0 Å². The molecule has 0 bridgehead atoms. The van der Waals surface area contributed by atoms with E-state index in [1.807, 2.05) is 63.5 Å². The van der Waals surface area contributed by atoms with E-state index in [0.29, 0.717) is 19.6 Å². The van der Waals surface area contributed by atoms with Crippen molar-refractivity contribution in [3.63, 3.8) is 0 Å². The van der Waals surface area contributed by atoms with E-state index in [2.05, 4.69) is 22.3 Å². The van der Waals surface area contributed by atoms with Crippen LogP contribution in [0.15, 0.2) is 54.6 Å². The van der Waals surface area contributed by atoms with Gasteiger partial charge in [-0.3, -0.25) is 9.59 Å². The number of benzene rings is 2. The molecule has 2 unspecified atom stereocenters. The van der Waals surface area contributed by atoms with Crippen molar-refractivity contribution in [2.24, 2.45) is 5.92 Å². The van der Waals surface area contributed by atoms with Crippen molar-refractivity contribution in [2.75, 3.05) is 27.2 Å². The van der Waals surface area contributed by atoms with E-state index in [-0.39, 0.29) is 30.2 Å². The molecule has 148 valence electrons. The number of carbonyl (C=O) groups is 2. The monoisotopic (exact) mass is 379 g/mol. The quantitative estimate of drug-likeness (QED) is 0.805. The Morgan fingerprint density at radius 2 is 1.82 bits per heavy atom. The summed E-state index contributed by atoms with van der Waals surface area (Å²) in [5.41, 5.74) is 3.45. The Morgan fingerprint density at radius 3 is 2.46 bits per heavy atom. The summed E-state index contributed by atoms with van der Waals surface area (Å²) in [5.74, 6) is -0.271. The van der Waals surface area contributed by atoms with Crippen molar-refractivity contribution >= 4 is 11.8 Å². The molecular weight excluding hydrogens is 350 g/mol. The van der Waals surface area contributed by atoms with E-state index >= 15 is 0 Å². The lowest BCUT2D eigenvalue weighted by Gasteiger charge is -2.25. The van der Waals surface area contributed by atoms with Gasteiger partial charge in [0.1, 0.15) is 0 Å². The van der Waals surface area contributed by atoms with Crippen LogP contribution in [-0.2, 0) is 16.1 Å². The molecule has 2 aromatic carbocycles. The van der Waals surface area contributed by atoms with Gasteiger partial charge in [0.25, 0.3) is 0 Å². The third-order valence-electron chi connectivity index (χ3n) is 5.36. The van der Waals surface area contributed by atoms with Crippen molar-refractivity contribution in [3.8, 4) is 0 Å². The first-order chi connectivity index (χ1) is 13.4. The summed E-state index contributed by atoms with van der Waals surface area (Å²) in [6, 6.07) is 18.4. The molecule has 1 aliphatic heterocycles. The highest BCUT2D eigenvalue weighted by Crippen LogP contribution is 2.22. The molecule has 1 N–H and O–H groups in total. The Kier molecular flexibility index (Phi) is 6.47. The highest BCUT2D eigenvalue weighted by Gasteiger charge is 2.34. The topological polar surface area (TPSA) is 52.7 Å². The van der Waals surface area contributed by atoms with E-state index in [1.54, 1.807) is 4.90 Å².